The van der Waals surface area contributed by atoms with Gasteiger partial charge in [0.05, 0.1) is 14.2 Å². The number of benzene rings is 1. The molecule has 0 atom stereocenters. The lowest BCUT2D eigenvalue weighted by Crippen LogP contribution is -2.48. The third kappa shape index (κ3) is 5.57. The maximum absolute atomic E-state index is 12.6. The Balaban J connectivity index is 1.30. The number of nitrogens with zero attached hydrogens (tertiary/aromatic N) is 5. The largest absolute Gasteiger partial charge is 0.493 e. The second-order valence-electron chi connectivity index (χ2n) is 7.38. The molecule has 9 nitrogen and oxygen atoms in total. The van der Waals surface area contributed by atoms with E-state index in [0.29, 0.717) is 49.3 Å². The van der Waals surface area contributed by atoms with E-state index in [1.807, 2.05) is 53.4 Å². The van der Waals surface area contributed by atoms with Crippen LogP contribution in [0.4, 0.5) is 17.5 Å². The summed E-state index contributed by atoms with van der Waals surface area (Å²) in [4.78, 5) is 20.8. The standard InChI is InChI=1S/C24H26N6O3/c1-32-19-8-6-18(17-20(19)33-2)7-11-24(31)30-15-13-29(14-16-30)23-10-9-22(27-28-23)26-21-5-3-4-12-25-21/h3-12,17H,13-16H2,1-2H3,(H,25,26,27)/b11-7+. The first-order valence-electron chi connectivity index (χ1n) is 10.6. The van der Waals surface area contributed by atoms with Crippen molar-refractivity contribution in [1.29, 1.82) is 0 Å². The van der Waals surface area contributed by atoms with E-state index in [2.05, 4.69) is 25.4 Å². The van der Waals surface area contributed by atoms with Gasteiger partial charge in [0.15, 0.2) is 23.1 Å². The molecule has 3 aromatic rings. The molecule has 1 amide bonds. The van der Waals surface area contributed by atoms with Gasteiger partial charge in [0.2, 0.25) is 5.91 Å². The Morgan fingerprint density at radius 1 is 0.939 bits per heavy atom. The predicted octanol–water partition coefficient (Wildman–Crippen LogP) is 2.99. The van der Waals surface area contributed by atoms with E-state index in [0.717, 1.165) is 11.4 Å². The van der Waals surface area contributed by atoms with Crippen molar-refractivity contribution in [3.05, 3.63) is 66.4 Å². The van der Waals surface area contributed by atoms with Crippen molar-refractivity contribution >= 4 is 29.4 Å². The zero-order valence-electron chi connectivity index (χ0n) is 18.6. The van der Waals surface area contributed by atoms with Gasteiger partial charge in [0, 0.05) is 38.5 Å². The lowest BCUT2D eigenvalue weighted by Gasteiger charge is -2.34. The number of hydrogen-bond donors (Lipinski definition) is 1. The van der Waals surface area contributed by atoms with Crippen LogP contribution in [0.3, 0.4) is 0 Å². The molecule has 1 fully saturated rings. The third-order valence-electron chi connectivity index (χ3n) is 5.31. The van der Waals surface area contributed by atoms with Crippen molar-refractivity contribution < 1.29 is 14.3 Å². The molecule has 4 rings (SSSR count). The normalized spacial score (nSPS) is 13.8. The smallest absolute Gasteiger partial charge is 0.246 e. The van der Waals surface area contributed by atoms with Crippen LogP contribution in [-0.2, 0) is 4.79 Å². The first kappa shape index (κ1) is 22.1. The number of pyridine rings is 1. The summed E-state index contributed by atoms with van der Waals surface area (Å²) in [5, 5.41) is 11.7. The Labute approximate surface area is 192 Å². The van der Waals surface area contributed by atoms with Crippen LogP contribution < -0.4 is 19.7 Å². The number of amides is 1. The molecule has 1 N–H and O–H groups in total. The Bertz CT molecular complexity index is 1100. The Kier molecular flexibility index (Phi) is 6.99. The fraction of sp³-hybridized carbons (Fsp3) is 0.250. The van der Waals surface area contributed by atoms with Gasteiger partial charge in [-0.1, -0.05) is 12.1 Å². The summed E-state index contributed by atoms with van der Waals surface area (Å²) in [5.41, 5.74) is 0.870. The van der Waals surface area contributed by atoms with E-state index < -0.39 is 0 Å². The lowest BCUT2D eigenvalue weighted by atomic mass is 10.2. The minimum atomic E-state index is -0.0228. The highest BCUT2D eigenvalue weighted by Gasteiger charge is 2.21. The van der Waals surface area contributed by atoms with Gasteiger partial charge >= 0.3 is 0 Å². The number of methoxy groups -OCH3 is 2. The Morgan fingerprint density at radius 2 is 1.76 bits per heavy atom. The summed E-state index contributed by atoms with van der Waals surface area (Å²) in [7, 11) is 3.18. The zero-order chi connectivity index (χ0) is 23.0. The van der Waals surface area contributed by atoms with Gasteiger partial charge in [0.25, 0.3) is 0 Å². The van der Waals surface area contributed by atoms with Crippen molar-refractivity contribution in [2.75, 3.05) is 50.6 Å². The Hall–Kier alpha value is -4.14. The topological polar surface area (TPSA) is 92.7 Å². The Morgan fingerprint density at radius 3 is 2.42 bits per heavy atom. The van der Waals surface area contributed by atoms with Crippen LogP contribution in [0.1, 0.15) is 5.56 Å². The SMILES string of the molecule is COc1ccc(/C=C/C(=O)N2CCN(c3ccc(Nc4ccccn4)nn3)CC2)cc1OC. The second-order valence-corrected chi connectivity index (χ2v) is 7.38. The number of anilines is 3. The van der Waals surface area contributed by atoms with Crippen molar-refractivity contribution in [3.8, 4) is 11.5 Å². The highest BCUT2D eigenvalue weighted by molar-refractivity contribution is 5.92. The average molecular weight is 447 g/mol. The summed E-state index contributed by atoms with van der Waals surface area (Å²) in [6.45, 7) is 2.62. The average Bonchev–Trinajstić information content (AvgIpc) is 2.88. The molecule has 0 spiro atoms. The van der Waals surface area contributed by atoms with Gasteiger partial charge < -0.3 is 24.6 Å². The van der Waals surface area contributed by atoms with Crippen molar-refractivity contribution in [2.45, 2.75) is 0 Å². The van der Waals surface area contributed by atoms with Crippen molar-refractivity contribution in [3.63, 3.8) is 0 Å². The van der Waals surface area contributed by atoms with E-state index in [1.54, 1.807) is 32.6 Å². The molecule has 0 aliphatic carbocycles. The van der Waals surface area contributed by atoms with Crippen LogP contribution in [0.25, 0.3) is 6.08 Å². The fourth-order valence-electron chi connectivity index (χ4n) is 3.51. The molecule has 1 saturated heterocycles. The van der Waals surface area contributed by atoms with E-state index in [1.165, 1.54) is 0 Å². The van der Waals surface area contributed by atoms with E-state index >= 15 is 0 Å². The maximum atomic E-state index is 12.6. The number of rotatable bonds is 7. The molecule has 0 unspecified atom stereocenters. The molecular formula is C24H26N6O3. The van der Waals surface area contributed by atoms with E-state index in [-0.39, 0.29) is 5.91 Å². The molecule has 1 aromatic carbocycles. The zero-order valence-corrected chi connectivity index (χ0v) is 18.6. The number of aromatic nitrogens is 3. The highest BCUT2D eigenvalue weighted by atomic mass is 16.5. The molecule has 170 valence electrons. The monoisotopic (exact) mass is 446 g/mol. The number of ether oxygens (including phenoxy) is 2. The molecule has 1 aliphatic heterocycles. The molecule has 3 heterocycles. The molecule has 2 aromatic heterocycles. The molecule has 1 aliphatic rings. The fourth-order valence-corrected chi connectivity index (χ4v) is 3.51. The van der Waals surface area contributed by atoms with Gasteiger partial charge in [-0.15, -0.1) is 10.2 Å². The van der Waals surface area contributed by atoms with Crippen LogP contribution in [0.2, 0.25) is 0 Å². The number of nitrogens with one attached hydrogen (secondary N) is 1. The summed E-state index contributed by atoms with van der Waals surface area (Å²) >= 11 is 0. The third-order valence-corrected chi connectivity index (χ3v) is 5.31. The lowest BCUT2D eigenvalue weighted by molar-refractivity contribution is -0.126. The molecule has 9 heteroatoms. The van der Waals surface area contributed by atoms with Crippen LogP contribution in [0.5, 0.6) is 11.5 Å². The summed E-state index contributed by atoms with van der Waals surface area (Å²) in [6, 6.07) is 15.0. The number of hydrogen-bond acceptors (Lipinski definition) is 8. The molecule has 0 saturated carbocycles. The minimum absolute atomic E-state index is 0.0228. The minimum Gasteiger partial charge on any atom is -0.493 e. The van der Waals surface area contributed by atoms with Gasteiger partial charge in [-0.2, -0.15) is 0 Å². The maximum Gasteiger partial charge on any atom is 0.246 e. The van der Waals surface area contributed by atoms with Crippen molar-refractivity contribution in [2.24, 2.45) is 0 Å². The van der Waals surface area contributed by atoms with E-state index in [9.17, 15) is 4.79 Å². The van der Waals surface area contributed by atoms with Gasteiger partial charge in [-0.25, -0.2) is 4.98 Å². The van der Waals surface area contributed by atoms with Gasteiger partial charge in [-0.3, -0.25) is 4.79 Å². The van der Waals surface area contributed by atoms with Crippen LogP contribution in [0.15, 0.2) is 60.8 Å². The first-order valence-corrected chi connectivity index (χ1v) is 10.6. The predicted molar refractivity (Wildman–Crippen MR) is 127 cm³/mol. The molecule has 0 radical (unpaired) electrons. The number of carbonyl (C=O) groups is 1. The number of piperazine rings is 1. The van der Waals surface area contributed by atoms with Gasteiger partial charge in [0.1, 0.15) is 5.82 Å². The van der Waals surface area contributed by atoms with Gasteiger partial charge in [-0.05, 0) is 48.0 Å². The van der Waals surface area contributed by atoms with Crippen molar-refractivity contribution in [1.82, 2.24) is 20.1 Å². The quantitative estimate of drug-likeness (QED) is 0.554. The molecule has 33 heavy (non-hydrogen) atoms. The summed E-state index contributed by atoms with van der Waals surface area (Å²) in [5.74, 6) is 3.39. The van der Waals surface area contributed by atoms with E-state index in [4.69, 9.17) is 9.47 Å². The summed E-state index contributed by atoms with van der Waals surface area (Å²) < 4.78 is 10.6. The van der Waals surface area contributed by atoms with Crippen LogP contribution in [-0.4, -0.2) is 66.4 Å². The number of carbonyl (C=O) groups excluding carboxylic acids is 1. The molecular weight excluding hydrogens is 420 g/mol. The second kappa shape index (κ2) is 10.4. The summed E-state index contributed by atoms with van der Waals surface area (Å²) in [6.07, 6.45) is 5.10. The van der Waals surface area contributed by atoms with Crippen LogP contribution in [0, 0.1) is 0 Å². The molecule has 0 bridgehead atoms. The first-order chi connectivity index (χ1) is 16.2. The highest BCUT2D eigenvalue weighted by Crippen LogP contribution is 2.28. The van der Waals surface area contributed by atoms with Crippen LogP contribution >= 0.6 is 0 Å².